The fourth-order valence-electron chi connectivity index (χ4n) is 2.27. The van der Waals surface area contributed by atoms with Crippen LogP contribution in [0.5, 0.6) is 0 Å². The molecule has 2 amide bonds. The first-order valence-electron chi connectivity index (χ1n) is 7.80. The highest BCUT2D eigenvalue weighted by atomic mass is 35.5. The van der Waals surface area contributed by atoms with Gasteiger partial charge in [-0.3, -0.25) is 0 Å². The summed E-state index contributed by atoms with van der Waals surface area (Å²) in [4.78, 5) is 11.8. The zero-order valence-electron chi connectivity index (χ0n) is 13.6. The molecule has 0 bridgehead atoms. The minimum Gasteiger partial charge on any atom is -0.421 e. The van der Waals surface area contributed by atoms with Gasteiger partial charge in [-0.15, -0.1) is 10.2 Å². The fourth-order valence-corrected chi connectivity index (χ4v) is 2.46. The zero-order valence-corrected chi connectivity index (χ0v) is 14.4. The van der Waals surface area contributed by atoms with Crippen LogP contribution in [0, 0.1) is 6.92 Å². The molecule has 0 atom stereocenters. The molecule has 0 saturated carbocycles. The minimum absolute atomic E-state index is 0.319. The Morgan fingerprint density at radius 3 is 2.80 bits per heavy atom. The van der Waals surface area contributed by atoms with Gasteiger partial charge in [-0.1, -0.05) is 35.4 Å². The maximum atomic E-state index is 11.8. The largest absolute Gasteiger partial charge is 0.421 e. The third-order valence-corrected chi connectivity index (χ3v) is 3.67. The highest BCUT2D eigenvalue weighted by molar-refractivity contribution is 6.30. The van der Waals surface area contributed by atoms with Crippen LogP contribution >= 0.6 is 11.6 Å². The van der Waals surface area contributed by atoms with Gasteiger partial charge in [0.2, 0.25) is 11.8 Å². The van der Waals surface area contributed by atoms with Crippen molar-refractivity contribution in [2.45, 2.75) is 13.3 Å². The van der Waals surface area contributed by atoms with E-state index in [9.17, 15) is 4.79 Å². The monoisotopic (exact) mass is 356 g/mol. The Morgan fingerprint density at radius 1 is 1.16 bits per heavy atom. The number of urea groups is 1. The number of carbonyl (C=O) groups is 1. The van der Waals surface area contributed by atoms with E-state index < -0.39 is 0 Å². The molecule has 128 valence electrons. The number of carbonyl (C=O) groups excluding carboxylic acids is 1. The Bertz CT molecular complexity index is 879. The average molecular weight is 357 g/mol. The van der Waals surface area contributed by atoms with E-state index in [4.69, 9.17) is 16.0 Å². The topological polar surface area (TPSA) is 80.0 Å². The Morgan fingerprint density at radius 2 is 2.00 bits per heavy atom. The molecule has 0 unspecified atom stereocenters. The predicted octanol–water partition coefficient (Wildman–Crippen LogP) is 4.06. The third-order valence-electron chi connectivity index (χ3n) is 3.44. The summed E-state index contributed by atoms with van der Waals surface area (Å²) < 4.78 is 5.63. The molecule has 3 aromatic rings. The normalized spacial score (nSPS) is 10.5. The van der Waals surface area contributed by atoms with E-state index in [1.807, 2.05) is 31.2 Å². The number of anilines is 1. The molecule has 1 heterocycles. The first-order valence-corrected chi connectivity index (χ1v) is 8.18. The van der Waals surface area contributed by atoms with Crippen LogP contribution < -0.4 is 10.6 Å². The fraction of sp³-hybridized carbons (Fsp3) is 0.167. The first kappa shape index (κ1) is 17.0. The highest BCUT2D eigenvalue weighted by Crippen LogP contribution is 2.19. The standard InChI is InChI=1S/C18H17ClN4O2/c1-12-4-2-5-13(10-12)17-23-22-16(25-17)8-9-20-18(24)21-15-7-3-6-14(19)11-15/h2-7,10-11H,8-9H2,1H3,(H2,20,21,24). The molecule has 0 radical (unpaired) electrons. The van der Waals surface area contributed by atoms with Crippen LogP contribution in [0.3, 0.4) is 0 Å². The van der Waals surface area contributed by atoms with Crippen LogP contribution in [0.25, 0.3) is 11.5 Å². The van der Waals surface area contributed by atoms with E-state index in [1.54, 1.807) is 24.3 Å². The second-order valence-corrected chi connectivity index (χ2v) is 5.95. The maximum Gasteiger partial charge on any atom is 0.319 e. The number of aryl methyl sites for hydroxylation is 1. The van der Waals surface area contributed by atoms with E-state index >= 15 is 0 Å². The Labute approximate surface area is 150 Å². The molecular formula is C18H17ClN4O2. The van der Waals surface area contributed by atoms with Crippen molar-refractivity contribution in [3.63, 3.8) is 0 Å². The highest BCUT2D eigenvalue weighted by Gasteiger charge is 2.09. The molecule has 25 heavy (non-hydrogen) atoms. The average Bonchev–Trinajstić information content (AvgIpc) is 3.04. The number of nitrogens with one attached hydrogen (secondary N) is 2. The number of aromatic nitrogens is 2. The van der Waals surface area contributed by atoms with Gasteiger partial charge in [0.15, 0.2) is 0 Å². The number of nitrogens with zero attached hydrogens (tertiary/aromatic N) is 2. The number of benzene rings is 2. The maximum absolute atomic E-state index is 11.8. The van der Waals surface area contributed by atoms with E-state index in [-0.39, 0.29) is 6.03 Å². The smallest absolute Gasteiger partial charge is 0.319 e. The molecular weight excluding hydrogens is 340 g/mol. The van der Waals surface area contributed by atoms with Crippen molar-refractivity contribution < 1.29 is 9.21 Å². The Balaban J connectivity index is 1.50. The number of rotatable bonds is 5. The van der Waals surface area contributed by atoms with Gasteiger partial charge in [0, 0.05) is 29.2 Å². The summed E-state index contributed by atoms with van der Waals surface area (Å²) in [5, 5.41) is 14.1. The molecule has 0 aliphatic heterocycles. The van der Waals surface area contributed by atoms with Crippen molar-refractivity contribution in [1.29, 1.82) is 0 Å². The van der Waals surface area contributed by atoms with E-state index in [1.165, 1.54) is 0 Å². The van der Waals surface area contributed by atoms with Crippen LogP contribution in [-0.2, 0) is 6.42 Å². The quantitative estimate of drug-likeness (QED) is 0.722. The lowest BCUT2D eigenvalue weighted by molar-refractivity contribution is 0.252. The van der Waals surface area contributed by atoms with Crippen molar-refractivity contribution in [3.05, 3.63) is 65.0 Å². The summed E-state index contributed by atoms with van der Waals surface area (Å²) in [5.41, 5.74) is 2.63. The van der Waals surface area contributed by atoms with Crippen LogP contribution in [0.15, 0.2) is 52.9 Å². The van der Waals surface area contributed by atoms with Gasteiger partial charge in [0.05, 0.1) is 0 Å². The molecule has 0 spiro atoms. The summed E-state index contributed by atoms with van der Waals surface area (Å²) in [6.45, 7) is 2.38. The Kier molecular flexibility index (Phi) is 5.30. The second-order valence-electron chi connectivity index (χ2n) is 5.51. The molecule has 7 heteroatoms. The van der Waals surface area contributed by atoms with Crippen LogP contribution in [-0.4, -0.2) is 22.8 Å². The summed E-state index contributed by atoms with van der Waals surface area (Å²) in [5.74, 6) is 0.946. The van der Waals surface area contributed by atoms with Gasteiger partial charge in [-0.2, -0.15) is 0 Å². The number of amides is 2. The van der Waals surface area contributed by atoms with Crippen molar-refractivity contribution in [3.8, 4) is 11.5 Å². The summed E-state index contributed by atoms with van der Waals surface area (Å²) in [6.07, 6.45) is 0.446. The number of halogens is 1. The van der Waals surface area contributed by atoms with E-state index in [0.717, 1.165) is 11.1 Å². The number of hydrogen-bond donors (Lipinski definition) is 2. The first-order chi connectivity index (χ1) is 12.1. The molecule has 0 aliphatic carbocycles. The second kappa shape index (κ2) is 7.81. The minimum atomic E-state index is -0.319. The van der Waals surface area contributed by atoms with Crippen LogP contribution in [0.4, 0.5) is 10.5 Å². The van der Waals surface area contributed by atoms with Crippen molar-refractivity contribution >= 4 is 23.3 Å². The Hall–Kier alpha value is -2.86. The van der Waals surface area contributed by atoms with Crippen LogP contribution in [0.2, 0.25) is 5.02 Å². The SMILES string of the molecule is Cc1cccc(-c2nnc(CCNC(=O)Nc3cccc(Cl)c3)o2)c1. The van der Waals surface area contributed by atoms with Gasteiger partial charge in [0.25, 0.3) is 0 Å². The molecule has 2 aromatic carbocycles. The van der Waals surface area contributed by atoms with E-state index in [0.29, 0.717) is 35.5 Å². The van der Waals surface area contributed by atoms with Crippen molar-refractivity contribution in [2.24, 2.45) is 0 Å². The van der Waals surface area contributed by atoms with Gasteiger partial charge < -0.3 is 15.1 Å². The van der Waals surface area contributed by atoms with Crippen molar-refractivity contribution in [1.82, 2.24) is 15.5 Å². The van der Waals surface area contributed by atoms with Crippen molar-refractivity contribution in [2.75, 3.05) is 11.9 Å². The zero-order chi connectivity index (χ0) is 17.6. The molecule has 6 nitrogen and oxygen atoms in total. The summed E-state index contributed by atoms with van der Waals surface area (Å²) in [7, 11) is 0. The molecule has 2 N–H and O–H groups in total. The van der Waals surface area contributed by atoms with Crippen LogP contribution in [0.1, 0.15) is 11.5 Å². The summed E-state index contributed by atoms with van der Waals surface area (Å²) >= 11 is 5.88. The molecule has 3 rings (SSSR count). The third kappa shape index (κ3) is 4.81. The van der Waals surface area contributed by atoms with Gasteiger partial charge in [-0.05, 0) is 37.3 Å². The lowest BCUT2D eigenvalue weighted by Crippen LogP contribution is -2.30. The number of hydrogen-bond acceptors (Lipinski definition) is 4. The predicted molar refractivity (Wildman–Crippen MR) is 96.6 cm³/mol. The summed E-state index contributed by atoms with van der Waals surface area (Å²) in [6, 6.07) is 14.5. The van der Waals surface area contributed by atoms with Gasteiger partial charge in [-0.25, -0.2) is 4.79 Å². The van der Waals surface area contributed by atoms with Gasteiger partial charge >= 0.3 is 6.03 Å². The molecule has 0 aliphatic rings. The lowest BCUT2D eigenvalue weighted by atomic mass is 10.1. The van der Waals surface area contributed by atoms with E-state index in [2.05, 4.69) is 20.8 Å². The molecule has 1 aromatic heterocycles. The molecule has 0 saturated heterocycles. The lowest BCUT2D eigenvalue weighted by Gasteiger charge is -2.06. The van der Waals surface area contributed by atoms with Gasteiger partial charge in [0.1, 0.15) is 0 Å². The molecule has 0 fully saturated rings.